The van der Waals surface area contributed by atoms with Crippen LogP contribution in [0.4, 0.5) is 10.3 Å². The minimum Gasteiger partial charge on any atom is -0.368 e. The number of hydrogen-bond acceptors (Lipinski definition) is 4. The Labute approximate surface area is 152 Å². The van der Waals surface area contributed by atoms with Gasteiger partial charge in [0, 0.05) is 24.2 Å². The van der Waals surface area contributed by atoms with Crippen molar-refractivity contribution in [3.05, 3.63) is 42.0 Å². The summed E-state index contributed by atoms with van der Waals surface area (Å²) in [5.41, 5.74) is 8.30. The van der Waals surface area contributed by atoms with Crippen molar-refractivity contribution in [3.8, 4) is 11.1 Å². The number of likely N-dealkylation sites (tertiary alicyclic amines) is 1. The van der Waals surface area contributed by atoms with E-state index in [9.17, 15) is 9.18 Å². The minimum absolute atomic E-state index is 0.0952. The van der Waals surface area contributed by atoms with Gasteiger partial charge in [0.05, 0.1) is 11.7 Å². The van der Waals surface area contributed by atoms with Crippen molar-refractivity contribution in [2.24, 2.45) is 5.92 Å². The molecular weight excluding hydrogens is 331 g/mol. The molecule has 1 aromatic carbocycles. The average molecular weight is 354 g/mol. The van der Waals surface area contributed by atoms with Crippen molar-refractivity contribution < 1.29 is 9.18 Å². The number of benzene rings is 1. The van der Waals surface area contributed by atoms with Crippen LogP contribution in [0.25, 0.3) is 11.1 Å². The third-order valence-electron chi connectivity index (χ3n) is 5.55. The van der Waals surface area contributed by atoms with Crippen LogP contribution < -0.4 is 5.73 Å². The number of nitrogens with zero attached hydrogens (tertiary/aromatic N) is 3. The topological polar surface area (TPSA) is 72.1 Å². The summed E-state index contributed by atoms with van der Waals surface area (Å²) in [6.45, 7) is 0.757. The third-order valence-corrected chi connectivity index (χ3v) is 5.55. The number of carbonyl (C=O) groups is 1. The lowest BCUT2D eigenvalue weighted by molar-refractivity contribution is -0.142. The molecule has 1 aromatic heterocycles. The highest BCUT2D eigenvalue weighted by atomic mass is 19.1. The van der Waals surface area contributed by atoms with Gasteiger partial charge in [-0.2, -0.15) is 0 Å². The van der Waals surface area contributed by atoms with Crippen LogP contribution in [0, 0.1) is 11.7 Å². The Morgan fingerprint density at radius 1 is 1.12 bits per heavy atom. The summed E-state index contributed by atoms with van der Waals surface area (Å²) in [6, 6.07) is 6.19. The fourth-order valence-corrected chi connectivity index (χ4v) is 3.88. The second-order valence-corrected chi connectivity index (χ2v) is 7.21. The van der Waals surface area contributed by atoms with Crippen LogP contribution in [0.1, 0.15) is 50.3 Å². The number of piperidine rings is 1. The van der Waals surface area contributed by atoms with Gasteiger partial charge in [-0.15, -0.1) is 0 Å². The van der Waals surface area contributed by atoms with Crippen LogP contribution >= 0.6 is 0 Å². The van der Waals surface area contributed by atoms with Crippen LogP contribution in [0.3, 0.4) is 0 Å². The van der Waals surface area contributed by atoms with E-state index in [1.807, 2.05) is 4.90 Å². The Balaban J connectivity index is 1.73. The Morgan fingerprint density at radius 3 is 2.58 bits per heavy atom. The largest absolute Gasteiger partial charge is 0.368 e. The molecule has 2 aromatic rings. The van der Waals surface area contributed by atoms with Crippen molar-refractivity contribution in [1.29, 1.82) is 0 Å². The first-order valence-electron chi connectivity index (χ1n) is 9.32. The van der Waals surface area contributed by atoms with E-state index in [4.69, 9.17) is 5.73 Å². The normalized spacial score (nSPS) is 20.7. The Hall–Kier alpha value is -2.50. The molecule has 1 amide bonds. The fraction of sp³-hybridized carbons (Fsp3) is 0.450. The first kappa shape index (κ1) is 16.9. The highest BCUT2D eigenvalue weighted by molar-refractivity contribution is 5.80. The molecule has 0 spiro atoms. The predicted molar refractivity (Wildman–Crippen MR) is 97.5 cm³/mol. The van der Waals surface area contributed by atoms with Crippen molar-refractivity contribution in [3.63, 3.8) is 0 Å². The molecule has 1 atom stereocenters. The fourth-order valence-electron chi connectivity index (χ4n) is 3.88. The van der Waals surface area contributed by atoms with Gasteiger partial charge in [-0.05, 0) is 49.8 Å². The van der Waals surface area contributed by atoms with Crippen molar-refractivity contribution in [2.45, 2.75) is 44.6 Å². The Bertz CT molecular complexity index is 804. The number of hydrogen-bond donors (Lipinski definition) is 1. The summed E-state index contributed by atoms with van der Waals surface area (Å²) in [6.07, 6.45) is 7.72. The number of carbonyl (C=O) groups excluding carboxylic acids is 1. The van der Waals surface area contributed by atoms with E-state index in [2.05, 4.69) is 9.97 Å². The summed E-state index contributed by atoms with van der Waals surface area (Å²) in [5, 5.41) is 0. The molecule has 2 aliphatic rings. The zero-order valence-electron chi connectivity index (χ0n) is 14.7. The third kappa shape index (κ3) is 3.16. The molecule has 6 heteroatoms. The zero-order chi connectivity index (χ0) is 18.1. The smallest absolute Gasteiger partial charge is 0.226 e. The van der Waals surface area contributed by atoms with E-state index >= 15 is 0 Å². The number of amides is 1. The SMILES string of the molecule is Nc1ncc(-c2ccc(F)cc2)c(C2CCCCN2C(=O)C2CCC2)n1. The molecule has 1 aliphatic heterocycles. The summed E-state index contributed by atoms with van der Waals surface area (Å²) < 4.78 is 13.3. The molecule has 5 nitrogen and oxygen atoms in total. The summed E-state index contributed by atoms with van der Waals surface area (Å²) in [5.74, 6) is 0.311. The molecule has 2 fully saturated rings. The molecule has 4 rings (SSSR count). The first-order chi connectivity index (χ1) is 12.6. The maximum absolute atomic E-state index is 13.3. The molecular formula is C20H23FN4O. The van der Waals surface area contributed by atoms with E-state index in [0.29, 0.717) is 0 Å². The quantitative estimate of drug-likeness (QED) is 0.912. The van der Waals surface area contributed by atoms with Crippen molar-refractivity contribution in [1.82, 2.24) is 14.9 Å². The van der Waals surface area contributed by atoms with E-state index < -0.39 is 0 Å². The number of anilines is 1. The van der Waals surface area contributed by atoms with Gasteiger partial charge in [-0.1, -0.05) is 18.6 Å². The zero-order valence-corrected chi connectivity index (χ0v) is 14.7. The van der Waals surface area contributed by atoms with Gasteiger partial charge >= 0.3 is 0 Å². The van der Waals surface area contributed by atoms with Gasteiger partial charge in [-0.25, -0.2) is 14.4 Å². The molecule has 2 heterocycles. The van der Waals surface area contributed by atoms with Crippen LogP contribution in [0.15, 0.2) is 30.5 Å². The molecule has 136 valence electrons. The lowest BCUT2D eigenvalue weighted by atomic mass is 9.83. The molecule has 1 unspecified atom stereocenters. The van der Waals surface area contributed by atoms with E-state index in [-0.39, 0.29) is 29.6 Å². The standard InChI is InChI=1S/C20H23FN4O/c21-15-9-7-13(8-10-15)16-12-23-20(22)24-18(16)17-6-1-2-11-25(17)19(26)14-4-3-5-14/h7-10,12,14,17H,1-6,11H2,(H2,22,23,24). The summed E-state index contributed by atoms with van der Waals surface area (Å²) >= 11 is 0. The predicted octanol–water partition coefficient (Wildman–Crippen LogP) is 3.72. The van der Waals surface area contributed by atoms with Crippen LogP contribution in [-0.4, -0.2) is 27.3 Å². The van der Waals surface area contributed by atoms with Gasteiger partial charge in [0.1, 0.15) is 5.82 Å². The minimum atomic E-state index is -0.286. The van der Waals surface area contributed by atoms with Gasteiger partial charge in [0.25, 0.3) is 0 Å². The average Bonchev–Trinajstić information content (AvgIpc) is 2.61. The monoisotopic (exact) mass is 354 g/mol. The number of rotatable bonds is 3. The molecule has 1 aliphatic carbocycles. The lowest BCUT2D eigenvalue weighted by Gasteiger charge is -2.40. The van der Waals surface area contributed by atoms with Gasteiger partial charge in [-0.3, -0.25) is 4.79 Å². The highest BCUT2D eigenvalue weighted by Gasteiger charge is 2.36. The molecule has 2 N–H and O–H groups in total. The maximum atomic E-state index is 13.3. The van der Waals surface area contributed by atoms with Crippen LogP contribution in [0.5, 0.6) is 0 Å². The van der Waals surface area contributed by atoms with E-state index in [0.717, 1.165) is 61.9 Å². The molecule has 1 saturated carbocycles. The van der Waals surface area contributed by atoms with Crippen molar-refractivity contribution >= 4 is 11.9 Å². The summed E-state index contributed by atoms with van der Waals surface area (Å²) in [7, 11) is 0. The molecule has 0 radical (unpaired) electrons. The Morgan fingerprint density at radius 2 is 1.88 bits per heavy atom. The second kappa shape index (κ2) is 7.02. The highest BCUT2D eigenvalue weighted by Crippen LogP contribution is 2.39. The molecule has 0 bridgehead atoms. The van der Waals surface area contributed by atoms with Gasteiger partial charge in [0.2, 0.25) is 11.9 Å². The first-order valence-corrected chi connectivity index (χ1v) is 9.32. The second-order valence-electron chi connectivity index (χ2n) is 7.21. The van der Waals surface area contributed by atoms with Gasteiger partial charge in [0.15, 0.2) is 0 Å². The lowest BCUT2D eigenvalue weighted by Crippen LogP contribution is -2.44. The molecule has 26 heavy (non-hydrogen) atoms. The Kier molecular flexibility index (Phi) is 4.57. The number of nitrogen functional groups attached to an aromatic ring is 1. The van der Waals surface area contributed by atoms with Crippen molar-refractivity contribution in [2.75, 3.05) is 12.3 Å². The van der Waals surface area contributed by atoms with Crippen LogP contribution in [-0.2, 0) is 4.79 Å². The maximum Gasteiger partial charge on any atom is 0.226 e. The number of halogens is 1. The van der Waals surface area contributed by atoms with E-state index in [1.165, 1.54) is 12.1 Å². The van der Waals surface area contributed by atoms with Crippen LogP contribution in [0.2, 0.25) is 0 Å². The summed E-state index contributed by atoms with van der Waals surface area (Å²) in [4.78, 5) is 23.6. The molecule has 1 saturated heterocycles. The van der Waals surface area contributed by atoms with Gasteiger partial charge < -0.3 is 10.6 Å². The number of nitrogens with two attached hydrogens (primary N) is 1. The number of aromatic nitrogens is 2. The van der Waals surface area contributed by atoms with E-state index in [1.54, 1.807) is 18.3 Å².